The van der Waals surface area contributed by atoms with Gasteiger partial charge in [-0.2, -0.15) is 4.98 Å². The van der Waals surface area contributed by atoms with Crippen molar-refractivity contribution in [3.63, 3.8) is 0 Å². The summed E-state index contributed by atoms with van der Waals surface area (Å²) in [5.74, 6) is -0.200. The van der Waals surface area contributed by atoms with Gasteiger partial charge in [-0.15, -0.1) is 10.00 Å². The number of hydrogen-bond donors (Lipinski definition) is 1. The number of aliphatic hydroxyl groups is 1. The summed E-state index contributed by atoms with van der Waals surface area (Å²) < 4.78 is 11.9. The smallest absolute Gasteiger partial charge is 0.427 e. The number of carbonyl (C=O) groups excluding carboxylic acids is 2. The maximum atomic E-state index is 12.6. The predicted octanol–water partition coefficient (Wildman–Crippen LogP) is 2.90. The molecule has 0 aliphatic heterocycles. The van der Waals surface area contributed by atoms with Gasteiger partial charge < -0.3 is 14.6 Å². The van der Waals surface area contributed by atoms with E-state index in [1.165, 1.54) is 4.52 Å². The fraction of sp³-hybridized carbons (Fsp3) is 0.529. The van der Waals surface area contributed by atoms with E-state index in [-0.39, 0.29) is 12.6 Å². The van der Waals surface area contributed by atoms with Crippen LogP contribution in [0, 0.1) is 0 Å². The summed E-state index contributed by atoms with van der Waals surface area (Å²) in [6.45, 7) is 9.80. The fourth-order valence-electron chi connectivity index (χ4n) is 2.02. The minimum atomic E-state index is -0.951. The van der Waals surface area contributed by atoms with Crippen molar-refractivity contribution in [2.45, 2.75) is 59.4 Å². The van der Waals surface area contributed by atoms with Crippen molar-refractivity contribution in [3.8, 4) is 0 Å². The van der Waals surface area contributed by atoms with Crippen LogP contribution in [0.25, 0.3) is 5.65 Å². The molecule has 26 heavy (non-hydrogen) atoms. The SMILES string of the molecule is CC(C)(C)OC(=O)N(C(=O)OC(C)(C)C)c1nc2cccc(CO)n2n1. The number of pyridine rings is 1. The Morgan fingerprint density at radius 3 is 2.08 bits per heavy atom. The van der Waals surface area contributed by atoms with E-state index in [0.29, 0.717) is 16.2 Å². The van der Waals surface area contributed by atoms with Crippen molar-refractivity contribution >= 4 is 23.8 Å². The third-order valence-corrected chi connectivity index (χ3v) is 2.94. The molecule has 0 aromatic carbocycles. The molecule has 0 saturated carbocycles. The van der Waals surface area contributed by atoms with Crippen LogP contribution in [0.15, 0.2) is 18.2 Å². The standard InChI is InChI=1S/C17H24N4O5/c1-16(2,3)25-14(23)20(15(24)26-17(4,5)6)13-18-12-9-7-8-11(10-22)21(12)19-13/h7-9,22H,10H2,1-6H3. The molecule has 2 rings (SSSR count). The molecule has 0 radical (unpaired) electrons. The van der Waals surface area contributed by atoms with E-state index in [4.69, 9.17) is 9.47 Å². The zero-order chi connectivity index (χ0) is 19.7. The van der Waals surface area contributed by atoms with Crippen LogP contribution in [-0.4, -0.2) is 43.1 Å². The third-order valence-electron chi connectivity index (χ3n) is 2.94. The van der Waals surface area contributed by atoms with Crippen molar-refractivity contribution in [1.29, 1.82) is 0 Å². The van der Waals surface area contributed by atoms with Crippen molar-refractivity contribution < 1.29 is 24.2 Å². The Kier molecular flexibility index (Phi) is 5.22. The van der Waals surface area contributed by atoms with Crippen LogP contribution in [-0.2, 0) is 16.1 Å². The van der Waals surface area contributed by atoms with Gasteiger partial charge in [0.25, 0.3) is 5.95 Å². The molecule has 142 valence electrons. The van der Waals surface area contributed by atoms with Gasteiger partial charge in [0.1, 0.15) is 11.2 Å². The average Bonchev–Trinajstić information content (AvgIpc) is 2.86. The van der Waals surface area contributed by atoms with Gasteiger partial charge in [0.15, 0.2) is 5.65 Å². The second-order valence-corrected chi connectivity index (χ2v) is 7.65. The van der Waals surface area contributed by atoms with E-state index in [2.05, 4.69) is 10.1 Å². The van der Waals surface area contributed by atoms with Gasteiger partial charge in [0, 0.05) is 0 Å². The van der Waals surface area contributed by atoms with Gasteiger partial charge in [-0.1, -0.05) is 6.07 Å². The van der Waals surface area contributed by atoms with Gasteiger partial charge in [0.2, 0.25) is 0 Å². The summed E-state index contributed by atoms with van der Waals surface area (Å²) in [6.07, 6.45) is -1.90. The Balaban J connectivity index is 2.49. The topological polar surface area (TPSA) is 106 Å². The lowest BCUT2D eigenvalue weighted by Gasteiger charge is -2.26. The highest BCUT2D eigenvalue weighted by Crippen LogP contribution is 2.20. The van der Waals surface area contributed by atoms with Crippen molar-refractivity contribution in [2.75, 3.05) is 4.90 Å². The molecule has 0 unspecified atom stereocenters. The number of nitrogens with zero attached hydrogens (tertiary/aromatic N) is 4. The highest BCUT2D eigenvalue weighted by molar-refractivity contribution is 6.08. The Bertz CT molecular complexity index is 789. The molecular weight excluding hydrogens is 340 g/mol. The Hall–Kier alpha value is -2.68. The van der Waals surface area contributed by atoms with Crippen LogP contribution in [0.3, 0.4) is 0 Å². The van der Waals surface area contributed by atoms with Crippen LogP contribution >= 0.6 is 0 Å². The number of aliphatic hydroxyl groups excluding tert-OH is 1. The maximum Gasteiger partial charge on any atom is 0.427 e. The van der Waals surface area contributed by atoms with E-state index >= 15 is 0 Å². The van der Waals surface area contributed by atoms with Gasteiger partial charge in [-0.3, -0.25) is 0 Å². The second kappa shape index (κ2) is 6.91. The number of hydrogen-bond acceptors (Lipinski definition) is 7. The monoisotopic (exact) mass is 364 g/mol. The Morgan fingerprint density at radius 1 is 1.08 bits per heavy atom. The molecule has 0 atom stereocenters. The lowest BCUT2D eigenvalue weighted by atomic mass is 10.2. The molecule has 0 spiro atoms. The molecule has 0 bridgehead atoms. The van der Waals surface area contributed by atoms with E-state index in [9.17, 15) is 14.7 Å². The molecule has 2 heterocycles. The zero-order valence-electron chi connectivity index (χ0n) is 15.8. The Labute approximate surface area is 151 Å². The molecular formula is C17H24N4O5. The number of aromatic nitrogens is 3. The number of rotatable bonds is 2. The zero-order valence-corrected chi connectivity index (χ0v) is 15.8. The van der Waals surface area contributed by atoms with Crippen molar-refractivity contribution in [1.82, 2.24) is 14.6 Å². The average molecular weight is 364 g/mol. The number of imide groups is 1. The molecule has 0 aliphatic rings. The third kappa shape index (κ3) is 4.69. The van der Waals surface area contributed by atoms with E-state index in [0.717, 1.165) is 0 Å². The largest absolute Gasteiger partial charge is 0.443 e. The summed E-state index contributed by atoms with van der Waals surface area (Å²) in [5.41, 5.74) is -0.835. The lowest BCUT2D eigenvalue weighted by Crippen LogP contribution is -2.44. The maximum absolute atomic E-state index is 12.6. The predicted molar refractivity (Wildman–Crippen MR) is 93.9 cm³/mol. The number of ether oxygens (including phenoxy) is 2. The highest BCUT2D eigenvalue weighted by Gasteiger charge is 2.35. The van der Waals surface area contributed by atoms with Crippen LogP contribution in [0.4, 0.5) is 15.5 Å². The summed E-state index contributed by atoms with van der Waals surface area (Å²) in [4.78, 5) is 30.0. The van der Waals surface area contributed by atoms with E-state index in [1.54, 1.807) is 59.7 Å². The van der Waals surface area contributed by atoms with Gasteiger partial charge in [-0.25, -0.2) is 14.1 Å². The summed E-state index contributed by atoms with van der Waals surface area (Å²) in [5, 5.41) is 13.6. The van der Waals surface area contributed by atoms with Crippen LogP contribution < -0.4 is 4.90 Å². The molecule has 9 heteroatoms. The number of amides is 2. The molecule has 2 aromatic rings. The van der Waals surface area contributed by atoms with E-state index < -0.39 is 23.4 Å². The fourth-order valence-corrected chi connectivity index (χ4v) is 2.02. The molecule has 2 amide bonds. The van der Waals surface area contributed by atoms with Crippen molar-refractivity contribution in [2.24, 2.45) is 0 Å². The first-order valence-electron chi connectivity index (χ1n) is 8.13. The van der Waals surface area contributed by atoms with E-state index in [1.807, 2.05) is 0 Å². The number of anilines is 1. The first-order valence-corrected chi connectivity index (χ1v) is 8.13. The molecule has 2 aromatic heterocycles. The molecule has 9 nitrogen and oxygen atoms in total. The normalized spacial score (nSPS) is 12.1. The molecule has 0 aliphatic carbocycles. The first kappa shape index (κ1) is 19.6. The quantitative estimate of drug-likeness (QED) is 0.873. The minimum absolute atomic E-state index is 0.200. The van der Waals surface area contributed by atoms with Gasteiger partial charge in [0.05, 0.1) is 12.3 Å². The highest BCUT2D eigenvalue weighted by atomic mass is 16.6. The molecule has 0 fully saturated rings. The van der Waals surface area contributed by atoms with Gasteiger partial charge >= 0.3 is 12.2 Å². The summed E-state index contributed by atoms with van der Waals surface area (Å²) in [6, 6.07) is 4.97. The van der Waals surface area contributed by atoms with Crippen LogP contribution in [0.5, 0.6) is 0 Å². The Morgan fingerprint density at radius 2 is 1.62 bits per heavy atom. The van der Waals surface area contributed by atoms with Crippen LogP contribution in [0.1, 0.15) is 47.2 Å². The first-order chi connectivity index (χ1) is 11.9. The molecule has 0 saturated heterocycles. The van der Waals surface area contributed by atoms with Crippen LogP contribution in [0.2, 0.25) is 0 Å². The van der Waals surface area contributed by atoms with Gasteiger partial charge in [-0.05, 0) is 53.7 Å². The summed E-state index contributed by atoms with van der Waals surface area (Å²) >= 11 is 0. The summed E-state index contributed by atoms with van der Waals surface area (Å²) in [7, 11) is 0. The second-order valence-electron chi connectivity index (χ2n) is 7.65. The number of carbonyl (C=O) groups is 2. The number of fused-ring (bicyclic) bond motifs is 1. The van der Waals surface area contributed by atoms with Crippen molar-refractivity contribution in [3.05, 3.63) is 23.9 Å². The minimum Gasteiger partial charge on any atom is -0.443 e. The lowest BCUT2D eigenvalue weighted by molar-refractivity contribution is 0.0427. The molecule has 1 N–H and O–H groups in total.